The highest BCUT2D eigenvalue weighted by Gasteiger charge is 2.35. The second kappa shape index (κ2) is 8.60. The number of carbonyl (C=O) groups is 1. The van der Waals surface area contributed by atoms with Gasteiger partial charge in [0.15, 0.2) is 0 Å². The third-order valence-corrected chi connectivity index (χ3v) is 4.26. The fraction of sp³-hybridized carbons (Fsp3) is 0.765. The van der Waals surface area contributed by atoms with Crippen molar-refractivity contribution < 1.29 is 14.6 Å². The first kappa shape index (κ1) is 18.9. The molecule has 0 bridgehead atoms. The monoisotopic (exact) mass is 338 g/mol. The lowest BCUT2D eigenvalue weighted by atomic mass is 9.99. The zero-order valence-electron chi connectivity index (χ0n) is 15.0. The van der Waals surface area contributed by atoms with Gasteiger partial charge in [-0.05, 0) is 6.42 Å². The van der Waals surface area contributed by atoms with Crippen LogP contribution in [0.1, 0.15) is 37.7 Å². The number of ether oxygens (including phenoxy) is 1. The van der Waals surface area contributed by atoms with Crippen LogP contribution in [0.4, 0.5) is 0 Å². The molecular formula is C17H30N4O3. The van der Waals surface area contributed by atoms with Crippen molar-refractivity contribution in [3.05, 3.63) is 17.7 Å². The molecule has 2 N–H and O–H groups in total. The highest BCUT2D eigenvalue weighted by Crippen LogP contribution is 2.19. The quantitative estimate of drug-likeness (QED) is 0.768. The standard InChI is InChI=1S/C17H30N4O3/c1-4-5-6-15-18-10-14(19-15)11-21-7-8-24-13-17(23,12-21)9-16(22)20(2)3/h10,23H,4-9,11-13H2,1-3H3,(H,18,19)/t17-/m1/s1. The Morgan fingerprint density at radius 2 is 2.33 bits per heavy atom. The van der Waals surface area contributed by atoms with Gasteiger partial charge in [-0.15, -0.1) is 0 Å². The van der Waals surface area contributed by atoms with Gasteiger partial charge in [0.05, 0.1) is 19.6 Å². The van der Waals surface area contributed by atoms with E-state index in [2.05, 4.69) is 21.8 Å². The number of hydrogen-bond donors (Lipinski definition) is 2. The van der Waals surface area contributed by atoms with E-state index in [1.807, 2.05) is 6.20 Å². The zero-order valence-corrected chi connectivity index (χ0v) is 15.0. The van der Waals surface area contributed by atoms with Crippen molar-refractivity contribution in [1.29, 1.82) is 0 Å². The van der Waals surface area contributed by atoms with Gasteiger partial charge in [0.2, 0.25) is 5.91 Å². The molecule has 7 heteroatoms. The maximum atomic E-state index is 12.0. The number of aryl methyl sites for hydroxylation is 1. The summed E-state index contributed by atoms with van der Waals surface area (Å²) in [5, 5.41) is 10.8. The number of aliphatic hydroxyl groups is 1. The lowest BCUT2D eigenvalue weighted by molar-refractivity contribution is -0.136. The van der Waals surface area contributed by atoms with Crippen LogP contribution in [-0.2, 0) is 22.5 Å². The number of aromatic nitrogens is 2. The fourth-order valence-corrected chi connectivity index (χ4v) is 2.88. The van der Waals surface area contributed by atoms with Crippen molar-refractivity contribution >= 4 is 5.91 Å². The first-order valence-corrected chi connectivity index (χ1v) is 8.67. The molecule has 1 aromatic rings. The van der Waals surface area contributed by atoms with E-state index in [1.165, 1.54) is 4.90 Å². The molecular weight excluding hydrogens is 308 g/mol. The molecule has 24 heavy (non-hydrogen) atoms. The summed E-state index contributed by atoms with van der Waals surface area (Å²) in [6.45, 7) is 4.71. The highest BCUT2D eigenvalue weighted by molar-refractivity contribution is 5.76. The number of β-amino-alcohol motifs (C(OH)–C–C–N with tert-alkyl or cyclic N) is 1. The smallest absolute Gasteiger partial charge is 0.225 e. The van der Waals surface area contributed by atoms with Crippen molar-refractivity contribution in [2.24, 2.45) is 0 Å². The largest absolute Gasteiger partial charge is 0.386 e. The number of imidazole rings is 1. The molecule has 1 aromatic heterocycles. The van der Waals surface area contributed by atoms with Gasteiger partial charge < -0.3 is 19.7 Å². The summed E-state index contributed by atoms with van der Waals surface area (Å²) in [6.07, 6.45) is 5.16. The highest BCUT2D eigenvalue weighted by atomic mass is 16.5. The Labute approximate surface area is 144 Å². The fourth-order valence-electron chi connectivity index (χ4n) is 2.88. The van der Waals surface area contributed by atoms with Crippen LogP contribution < -0.4 is 0 Å². The Balaban J connectivity index is 1.96. The predicted octanol–water partition coefficient (Wildman–Crippen LogP) is 0.794. The van der Waals surface area contributed by atoms with Crippen molar-refractivity contribution in [2.45, 2.75) is 44.8 Å². The molecule has 1 aliphatic rings. The lowest BCUT2D eigenvalue weighted by Crippen LogP contribution is -2.47. The van der Waals surface area contributed by atoms with E-state index in [1.54, 1.807) is 14.1 Å². The molecule has 7 nitrogen and oxygen atoms in total. The van der Waals surface area contributed by atoms with E-state index in [0.717, 1.165) is 37.3 Å². The number of hydrogen-bond acceptors (Lipinski definition) is 5. The number of aromatic amines is 1. The van der Waals surface area contributed by atoms with Crippen molar-refractivity contribution in [1.82, 2.24) is 19.8 Å². The molecule has 0 unspecified atom stereocenters. The summed E-state index contributed by atoms with van der Waals surface area (Å²) in [5.41, 5.74) is -0.118. The summed E-state index contributed by atoms with van der Waals surface area (Å²) in [4.78, 5) is 23.4. The minimum absolute atomic E-state index is 0.0707. The number of nitrogens with zero attached hydrogens (tertiary/aromatic N) is 3. The maximum absolute atomic E-state index is 12.0. The molecule has 1 fully saturated rings. The third kappa shape index (κ3) is 5.58. The Bertz CT molecular complexity index is 532. The Morgan fingerprint density at radius 3 is 3.04 bits per heavy atom. The van der Waals surface area contributed by atoms with Crippen molar-refractivity contribution in [3.8, 4) is 0 Å². The average molecular weight is 338 g/mol. The molecule has 0 radical (unpaired) electrons. The van der Waals surface area contributed by atoms with E-state index in [9.17, 15) is 9.90 Å². The molecule has 1 aliphatic heterocycles. The molecule has 0 aromatic carbocycles. The van der Waals surface area contributed by atoms with Crippen LogP contribution in [0.2, 0.25) is 0 Å². The summed E-state index contributed by atoms with van der Waals surface area (Å²) in [7, 11) is 3.40. The molecule has 0 aliphatic carbocycles. The Morgan fingerprint density at radius 1 is 1.54 bits per heavy atom. The van der Waals surface area contributed by atoms with Gasteiger partial charge in [-0.1, -0.05) is 13.3 Å². The minimum Gasteiger partial charge on any atom is -0.386 e. The van der Waals surface area contributed by atoms with E-state index in [0.29, 0.717) is 19.7 Å². The third-order valence-electron chi connectivity index (χ3n) is 4.26. The van der Waals surface area contributed by atoms with Crippen LogP contribution in [0.5, 0.6) is 0 Å². The van der Waals surface area contributed by atoms with Crippen molar-refractivity contribution in [3.63, 3.8) is 0 Å². The average Bonchev–Trinajstić information content (AvgIpc) is 2.88. The number of unbranched alkanes of at least 4 members (excludes halogenated alkanes) is 1. The van der Waals surface area contributed by atoms with Gasteiger partial charge in [-0.25, -0.2) is 4.98 Å². The lowest BCUT2D eigenvalue weighted by Gasteiger charge is -2.30. The van der Waals surface area contributed by atoms with E-state index < -0.39 is 5.60 Å². The Hall–Kier alpha value is -1.44. The Kier molecular flexibility index (Phi) is 6.77. The summed E-state index contributed by atoms with van der Waals surface area (Å²) in [5.74, 6) is 0.919. The van der Waals surface area contributed by atoms with Gasteiger partial charge in [0.25, 0.3) is 0 Å². The van der Waals surface area contributed by atoms with Gasteiger partial charge in [-0.3, -0.25) is 9.69 Å². The van der Waals surface area contributed by atoms with Crippen LogP contribution in [0, 0.1) is 0 Å². The van der Waals surface area contributed by atoms with E-state index in [4.69, 9.17) is 4.74 Å². The minimum atomic E-state index is -1.15. The molecule has 0 spiro atoms. The first-order chi connectivity index (χ1) is 11.4. The molecule has 1 saturated heterocycles. The predicted molar refractivity (Wildman–Crippen MR) is 91.6 cm³/mol. The van der Waals surface area contributed by atoms with Gasteiger partial charge in [-0.2, -0.15) is 0 Å². The van der Waals surface area contributed by atoms with E-state index in [-0.39, 0.29) is 18.9 Å². The molecule has 2 heterocycles. The molecule has 0 saturated carbocycles. The number of amides is 1. The topological polar surface area (TPSA) is 81.7 Å². The van der Waals surface area contributed by atoms with Crippen LogP contribution in [0.25, 0.3) is 0 Å². The number of carbonyl (C=O) groups excluding carboxylic acids is 1. The second-order valence-corrected chi connectivity index (χ2v) is 6.91. The van der Waals surface area contributed by atoms with Gasteiger partial charge in [0.1, 0.15) is 11.4 Å². The van der Waals surface area contributed by atoms with Crippen LogP contribution >= 0.6 is 0 Å². The van der Waals surface area contributed by atoms with Crippen molar-refractivity contribution in [2.75, 3.05) is 40.4 Å². The summed E-state index contributed by atoms with van der Waals surface area (Å²) in [6, 6.07) is 0. The van der Waals surface area contributed by atoms with Crippen LogP contribution in [0.15, 0.2) is 6.20 Å². The van der Waals surface area contributed by atoms with Gasteiger partial charge >= 0.3 is 0 Å². The summed E-state index contributed by atoms with van der Waals surface area (Å²) >= 11 is 0. The van der Waals surface area contributed by atoms with Gasteiger partial charge in [0, 0.05) is 52.0 Å². The molecule has 1 amide bonds. The SMILES string of the molecule is CCCCc1ncc(CN2CCOC[C@@](O)(CC(=O)N(C)C)C2)[nH]1. The number of nitrogens with one attached hydrogen (secondary N) is 1. The number of H-pyrrole nitrogens is 1. The first-order valence-electron chi connectivity index (χ1n) is 8.67. The normalized spacial score (nSPS) is 22.3. The maximum Gasteiger partial charge on any atom is 0.225 e. The molecule has 2 rings (SSSR count). The summed E-state index contributed by atoms with van der Waals surface area (Å²) < 4.78 is 5.53. The van der Waals surface area contributed by atoms with E-state index >= 15 is 0 Å². The number of rotatable bonds is 7. The van der Waals surface area contributed by atoms with Crippen LogP contribution in [-0.4, -0.2) is 76.8 Å². The molecule has 1 atom stereocenters. The molecule has 136 valence electrons. The second-order valence-electron chi connectivity index (χ2n) is 6.91. The van der Waals surface area contributed by atoms with Crippen LogP contribution in [0.3, 0.4) is 0 Å². The zero-order chi connectivity index (χ0) is 17.6.